The van der Waals surface area contributed by atoms with E-state index in [2.05, 4.69) is 26.6 Å². The molecule has 0 aromatic heterocycles. The smallest absolute Gasteiger partial charge is 0.410 e. The van der Waals surface area contributed by atoms with Crippen LogP contribution in [0.25, 0.3) is 0 Å². The molecular weight excluding hydrogens is 427 g/mol. The van der Waals surface area contributed by atoms with Crippen LogP contribution in [-0.4, -0.2) is 78.9 Å². The van der Waals surface area contributed by atoms with Crippen molar-refractivity contribution in [1.82, 2.24) is 31.5 Å². The van der Waals surface area contributed by atoms with Crippen molar-refractivity contribution < 1.29 is 18.7 Å². The highest BCUT2D eigenvalue weighted by Crippen LogP contribution is 2.25. The highest BCUT2D eigenvalue weighted by molar-refractivity contribution is 6.21. The van der Waals surface area contributed by atoms with Crippen LogP contribution in [0.15, 0.2) is 0 Å². The molecular formula is C20H38ClFN6O3. The van der Waals surface area contributed by atoms with Gasteiger partial charge >= 0.3 is 12.1 Å². The number of carbonyl (C=O) groups excluding carboxylic acids is 2. The van der Waals surface area contributed by atoms with Crippen molar-refractivity contribution >= 4 is 23.7 Å². The van der Waals surface area contributed by atoms with E-state index >= 15 is 0 Å². The number of carbonyl (C=O) groups is 2. The minimum atomic E-state index is -1.01. The molecule has 1 aliphatic heterocycles. The summed E-state index contributed by atoms with van der Waals surface area (Å²) < 4.78 is 18.8. The van der Waals surface area contributed by atoms with Crippen molar-refractivity contribution in [3.8, 4) is 0 Å². The van der Waals surface area contributed by atoms with E-state index in [1.165, 1.54) is 4.90 Å². The third kappa shape index (κ3) is 9.34. The number of nitrogens with one attached hydrogen (secondary N) is 5. The van der Waals surface area contributed by atoms with Crippen LogP contribution in [0.5, 0.6) is 0 Å². The van der Waals surface area contributed by atoms with Crippen LogP contribution in [0.1, 0.15) is 53.4 Å². The lowest BCUT2D eigenvalue weighted by molar-refractivity contribution is 0.0297. The van der Waals surface area contributed by atoms with Gasteiger partial charge in [0.15, 0.2) is 0 Å². The summed E-state index contributed by atoms with van der Waals surface area (Å²) in [6.07, 6.45) is 0.341. The molecule has 6 unspecified atom stereocenters. The normalized spacial score (nSPS) is 31.6. The molecule has 0 bridgehead atoms. The van der Waals surface area contributed by atoms with Gasteiger partial charge < -0.3 is 20.3 Å². The number of likely N-dealkylation sites (N-methyl/N-ethyl adjacent to an activating group) is 1. The molecule has 2 rings (SSSR count). The molecule has 3 amide bonds. The van der Waals surface area contributed by atoms with Crippen LogP contribution in [0.4, 0.5) is 14.0 Å². The molecule has 1 heterocycles. The Morgan fingerprint density at radius 2 is 1.90 bits per heavy atom. The number of hydrogen-bond acceptors (Lipinski definition) is 6. The minimum Gasteiger partial charge on any atom is -0.444 e. The maximum absolute atomic E-state index is 13.5. The molecule has 31 heavy (non-hydrogen) atoms. The molecule has 11 heteroatoms. The number of amides is 3. The number of nitrogens with zero attached hydrogens (tertiary/aromatic N) is 1. The van der Waals surface area contributed by atoms with Gasteiger partial charge in [-0.1, -0.05) is 0 Å². The van der Waals surface area contributed by atoms with E-state index in [9.17, 15) is 14.0 Å². The zero-order valence-electron chi connectivity index (χ0n) is 19.1. The van der Waals surface area contributed by atoms with Crippen molar-refractivity contribution in [2.75, 3.05) is 20.1 Å². The maximum Gasteiger partial charge on any atom is 0.410 e. The first-order valence-electron chi connectivity index (χ1n) is 11.0. The van der Waals surface area contributed by atoms with Gasteiger partial charge in [0.05, 0.1) is 11.5 Å². The molecule has 1 saturated carbocycles. The maximum atomic E-state index is 13.5. The van der Waals surface area contributed by atoms with Gasteiger partial charge in [-0.2, -0.15) is 0 Å². The zero-order valence-corrected chi connectivity index (χ0v) is 19.9. The van der Waals surface area contributed by atoms with Crippen molar-refractivity contribution in [2.24, 2.45) is 0 Å². The summed E-state index contributed by atoms with van der Waals surface area (Å²) in [6.45, 7) is 8.60. The van der Waals surface area contributed by atoms with Crippen LogP contribution in [0.3, 0.4) is 0 Å². The van der Waals surface area contributed by atoms with Crippen LogP contribution in [-0.2, 0) is 4.74 Å². The highest BCUT2D eigenvalue weighted by Gasteiger charge is 2.31. The number of hydrogen-bond donors (Lipinski definition) is 5. The molecule has 5 N–H and O–H groups in total. The Hall–Kier alpha value is -1.36. The largest absolute Gasteiger partial charge is 0.444 e. The Kier molecular flexibility index (Phi) is 9.60. The van der Waals surface area contributed by atoms with E-state index in [0.717, 1.165) is 6.42 Å². The molecule has 0 radical (unpaired) electrons. The lowest BCUT2D eigenvalue weighted by Gasteiger charge is -2.37. The standard InChI is InChI=1S/C20H38ClFN6O3/c1-12-10-16(23-8-9-28(5)19(30)31-20(2,3)4)26-17(24-12)27-18(29)25-13-6-7-15(22)14(21)11-13/h12-17,23-24,26H,6-11H2,1-5H3,(H2,25,27,29). The van der Waals surface area contributed by atoms with Gasteiger partial charge in [0, 0.05) is 32.2 Å². The summed E-state index contributed by atoms with van der Waals surface area (Å²) in [7, 11) is 1.70. The van der Waals surface area contributed by atoms with E-state index in [1.54, 1.807) is 7.05 Å². The van der Waals surface area contributed by atoms with Gasteiger partial charge in [0.1, 0.15) is 18.1 Å². The monoisotopic (exact) mass is 464 g/mol. The Labute approximate surface area is 189 Å². The second-order valence-corrected chi connectivity index (χ2v) is 10.0. The van der Waals surface area contributed by atoms with Crippen molar-refractivity contribution in [2.45, 2.75) is 95.1 Å². The summed E-state index contributed by atoms with van der Waals surface area (Å²) in [5.41, 5.74) is -0.528. The van der Waals surface area contributed by atoms with Gasteiger partial charge in [-0.25, -0.2) is 14.0 Å². The van der Waals surface area contributed by atoms with Crippen LogP contribution in [0.2, 0.25) is 0 Å². The average molecular weight is 465 g/mol. The second kappa shape index (κ2) is 11.5. The molecule has 1 saturated heterocycles. The summed E-state index contributed by atoms with van der Waals surface area (Å²) in [4.78, 5) is 25.9. The predicted molar refractivity (Wildman–Crippen MR) is 119 cm³/mol. The number of rotatable bonds is 6. The molecule has 9 nitrogen and oxygen atoms in total. The third-order valence-electron chi connectivity index (χ3n) is 5.26. The first-order chi connectivity index (χ1) is 14.4. The first kappa shape index (κ1) is 25.9. The quantitative estimate of drug-likeness (QED) is 0.384. The van der Waals surface area contributed by atoms with Crippen molar-refractivity contribution in [3.63, 3.8) is 0 Å². The third-order valence-corrected chi connectivity index (χ3v) is 5.71. The number of ether oxygens (including phenoxy) is 1. The molecule has 2 fully saturated rings. The fourth-order valence-corrected chi connectivity index (χ4v) is 4.00. The minimum absolute atomic E-state index is 0.0391. The van der Waals surface area contributed by atoms with Gasteiger partial charge in [-0.3, -0.25) is 16.0 Å². The summed E-state index contributed by atoms with van der Waals surface area (Å²) >= 11 is 5.99. The molecule has 0 aromatic carbocycles. The van der Waals surface area contributed by atoms with E-state index in [4.69, 9.17) is 16.3 Å². The van der Waals surface area contributed by atoms with Gasteiger partial charge in [0.25, 0.3) is 0 Å². The van der Waals surface area contributed by atoms with Crippen LogP contribution in [0, 0.1) is 0 Å². The van der Waals surface area contributed by atoms with E-state index in [-0.39, 0.29) is 30.4 Å². The van der Waals surface area contributed by atoms with Gasteiger partial charge in [-0.15, -0.1) is 11.6 Å². The van der Waals surface area contributed by atoms with Crippen LogP contribution >= 0.6 is 11.6 Å². The Morgan fingerprint density at radius 1 is 1.19 bits per heavy atom. The Balaban J connectivity index is 1.72. The molecule has 6 atom stereocenters. The van der Waals surface area contributed by atoms with Gasteiger partial charge in [0.2, 0.25) is 0 Å². The number of halogens is 2. The fourth-order valence-electron chi connectivity index (χ4n) is 3.65. The first-order valence-corrected chi connectivity index (χ1v) is 11.4. The molecule has 1 aliphatic carbocycles. The highest BCUT2D eigenvalue weighted by atomic mass is 35.5. The average Bonchev–Trinajstić information content (AvgIpc) is 2.62. The summed E-state index contributed by atoms with van der Waals surface area (Å²) in [5, 5.41) is 15.1. The molecule has 0 spiro atoms. The molecule has 0 aromatic rings. The Morgan fingerprint density at radius 3 is 2.55 bits per heavy atom. The zero-order chi connectivity index (χ0) is 23.2. The fraction of sp³-hybridized carbons (Fsp3) is 0.900. The lowest BCUT2D eigenvalue weighted by atomic mass is 9.93. The predicted octanol–water partition coefficient (Wildman–Crippen LogP) is 1.82. The molecule has 180 valence electrons. The van der Waals surface area contributed by atoms with Crippen LogP contribution < -0.4 is 26.6 Å². The van der Waals surface area contributed by atoms with E-state index in [1.807, 2.05) is 27.7 Å². The van der Waals surface area contributed by atoms with Crippen molar-refractivity contribution in [3.05, 3.63) is 0 Å². The van der Waals surface area contributed by atoms with E-state index in [0.29, 0.717) is 32.4 Å². The number of urea groups is 1. The topological polar surface area (TPSA) is 107 Å². The Bertz CT molecular complexity index is 608. The second-order valence-electron chi connectivity index (χ2n) is 9.47. The molecule has 2 aliphatic rings. The van der Waals surface area contributed by atoms with E-state index < -0.39 is 23.4 Å². The van der Waals surface area contributed by atoms with Gasteiger partial charge in [-0.05, 0) is 53.4 Å². The SMILES string of the molecule is CC1CC(NCCN(C)C(=O)OC(C)(C)C)NC(NC(=O)NC2CCC(F)C(Cl)C2)N1. The lowest BCUT2D eigenvalue weighted by Crippen LogP contribution is -2.68. The van der Waals surface area contributed by atoms with Crippen molar-refractivity contribution in [1.29, 1.82) is 0 Å². The summed E-state index contributed by atoms with van der Waals surface area (Å²) in [5.74, 6) is 0. The number of alkyl halides is 2. The summed E-state index contributed by atoms with van der Waals surface area (Å²) in [6, 6.07) is -0.289.